The van der Waals surface area contributed by atoms with Gasteiger partial charge in [-0.2, -0.15) is 0 Å². The number of fused-ring (bicyclic) bond motifs is 1. The van der Waals surface area contributed by atoms with E-state index in [9.17, 15) is 28.6 Å². The molecule has 0 aliphatic carbocycles. The third-order valence-electron chi connectivity index (χ3n) is 7.23. The molecule has 0 saturated carbocycles. The lowest BCUT2D eigenvalue weighted by Crippen LogP contribution is -2.48. The molecule has 3 N–H and O–H groups in total. The summed E-state index contributed by atoms with van der Waals surface area (Å²) in [6, 6.07) is 16.0. The van der Waals surface area contributed by atoms with E-state index in [1.54, 1.807) is 19.1 Å². The number of anilines is 2. The van der Waals surface area contributed by atoms with Gasteiger partial charge in [0, 0.05) is 24.7 Å². The maximum Gasteiger partial charge on any atom is 0.284 e. The first kappa shape index (κ1) is 28.9. The van der Waals surface area contributed by atoms with E-state index in [1.807, 2.05) is 0 Å². The van der Waals surface area contributed by atoms with Crippen LogP contribution in [0.5, 0.6) is 0 Å². The molecule has 0 saturated heterocycles. The largest absolute Gasteiger partial charge is 0.393 e. The summed E-state index contributed by atoms with van der Waals surface area (Å²) in [5, 5.41) is 23.1. The molecule has 5 rings (SSSR count). The minimum absolute atomic E-state index is 0.00323. The number of amides is 2. The van der Waals surface area contributed by atoms with E-state index in [-0.39, 0.29) is 33.8 Å². The van der Waals surface area contributed by atoms with E-state index in [0.717, 1.165) is 23.2 Å². The van der Waals surface area contributed by atoms with Crippen molar-refractivity contribution in [1.29, 1.82) is 0 Å². The Morgan fingerprint density at radius 3 is 2.45 bits per heavy atom. The number of rotatable bonds is 5. The van der Waals surface area contributed by atoms with Crippen LogP contribution < -0.4 is 10.2 Å². The number of carbonyl (C=O) groups is 2. The summed E-state index contributed by atoms with van der Waals surface area (Å²) in [6.07, 6.45) is 0.235. The minimum atomic E-state index is -3.73. The van der Waals surface area contributed by atoms with Crippen LogP contribution in [0.1, 0.15) is 38.3 Å². The molecule has 2 heterocycles. The fourth-order valence-corrected chi connectivity index (χ4v) is 4.95. The zero-order valence-corrected chi connectivity index (χ0v) is 22.2. The second-order valence-electron chi connectivity index (χ2n) is 10.0. The van der Waals surface area contributed by atoms with Gasteiger partial charge in [0.1, 0.15) is 17.5 Å². The van der Waals surface area contributed by atoms with E-state index in [0.29, 0.717) is 11.1 Å². The van der Waals surface area contributed by atoms with Gasteiger partial charge in [0.05, 0.1) is 23.4 Å². The maximum absolute atomic E-state index is 15.0. The summed E-state index contributed by atoms with van der Waals surface area (Å²) < 4.78 is 57.9. The van der Waals surface area contributed by atoms with Crippen molar-refractivity contribution in [2.75, 3.05) is 23.4 Å². The molecule has 1 aromatic heterocycles. The standard InChI is InChI=1S/C31H25F4N3O4/c1-18-5-9-26-25(13-18)30(42,17-39)31(34,35)11-12-38(26)29(41)20-6-10-27(36-16-20)37-28(40)24-15-22(33)7-8-23(24)19-3-2-4-21(32)14-19/h2-10,13-16,39,42H,11-12,17H2,1H3,(H,36,37,40)/t30-/m0/s1. The van der Waals surface area contributed by atoms with Gasteiger partial charge < -0.3 is 20.4 Å². The summed E-state index contributed by atoms with van der Waals surface area (Å²) >= 11 is 0. The second kappa shape index (κ2) is 11.0. The number of carbonyl (C=O) groups excluding carboxylic acids is 2. The van der Waals surface area contributed by atoms with Crippen molar-refractivity contribution < 1.29 is 37.4 Å². The molecule has 0 spiro atoms. The number of nitrogens with zero attached hydrogens (tertiary/aromatic N) is 2. The van der Waals surface area contributed by atoms with Gasteiger partial charge in [-0.25, -0.2) is 22.5 Å². The number of alkyl halides is 2. The smallest absolute Gasteiger partial charge is 0.284 e. The molecular formula is C31H25F4N3O4. The van der Waals surface area contributed by atoms with E-state index >= 15 is 8.78 Å². The highest BCUT2D eigenvalue weighted by molar-refractivity contribution is 6.09. The van der Waals surface area contributed by atoms with Crippen LogP contribution in [-0.4, -0.2) is 46.1 Å². The van der Waals surface area contributed by atoms with Crippen molar-refractivity contribution in [3.8, 4) is 11.1 Å². The van der Waals surface area contributed by atoms with Gasteiger partial charge in [-0.15, -0.1) is 0 Å². The number of aryl methyl sites for hydroxylation is 1. The lowest BCUT2D eigenvalue weighted by atomic mass is 9.85. The normalized spacial score (nSPS) is 17.7. The van der Waals surface area contributed by atoms with Gasteiger partial charge in [-0.05, 0) is 60.5 Å². The van der Waals surface area contributed by atoms with Gasteiger partial charge in [0.2, 0.25) is 0 Å². The molecule has 4 aromatic rings. The second-order valence-corrected chi connectivity index (χ2v) is 10.0. The van der Waals surface area contributed by atoms with Crippen LogP contribution >= 0.6 is 0 Å². The van der Waals surface area contributed by atoms with Crippen molar-refractivity contribution >= 4 is 23.3 Å². The van der Waals surface area contributed by atoms with Crippen LogP contribution in [0.4, 0.5) is 29.1 Å². The van der Waals surface area contributed by atoms with Crippen molar-refractivity contribution in [3.63, 3.8) is 0 Å². The van der Waals surface area contributed by atoms with Gasteiger partial charge in [-0.3, -0.25) is 9.59 Å². The fourth-order valence-electron chi connectivity index (χ4n) is 4.95. The first-order chi connectivity index (χ1) is 19.9. The van der Waals surface area contributed by atoms with E-state index in [2.05, 4.69) is 10.3 Å². The molecule has 1 aliphatic rings. The topological polar surface area (TPSA) is 103 Å². The Bertz CT molecular complexity index is 1680. The molecule has 216 valence electrons. The fraction of sp³-hybridized carbons (Fsp3) is 0.194. The van der Waals surface area contributed by atoms with Crippen LogP contribution in [0.25, 0.3) is 11.1 Å². The van der Waals surface area contributed by atoms with Gasteiger partial charge in [0.15, 0.2) is 5.60 Å². The van der Waals surface area contributed by atoms with E-state index in [4.69, 9.17) is 0 Å². The molecule has 42 heavy (non-hydrogen) atoms. The number of benzene rings is 3. The van der Waals surface area contributed by atoms with E-state index in [1.165, 1.54) is 48.5 Å². The monoisotopic (exact) mass is 579 g/mol. The Morgan fingerprint density at radius 1 is 1.00 bits per heavy atom. The lowest BCUT2D eigenvalue weighted by Gasteiger charge is -2.33. The molecule has 0 unspecified atom stereocenters. The van der Waals surface area contributed by atoms with Crippen LogP contribution in [-0.2, 0) is 5.60 Å². The van der Waals surface area contributed by atoms with Gasteiger partial charge >= 0.3 is 0 Å². The quantitative estimate of drug-likeness (QED) is 0.273. The van der Waals surface area contributed by atoms with E-state index < -0.39 is 54.5 Å². The molecule has 11 heteroatoms. The number of pyridine rings is 1. The molecule has 7 nitrogen and oxygen atoms in total. The average molecular weight is 580 g/mol. The molecule has 1 atom stereocenters. The Labute approximate surface area is 238 Å². The summed E-state index contributed by atoms with van der Waals surface area (Å²) in [6.45, 7) is -0.0685. The van der Waals surface area contributed by atoms with Crippen LogP contribution in [0.15, 0.2) is 79.0 Å². The zero-order chi connectivity index (χ0) is 30.2. The summed E-state index contributed by atoms with van der Waals surface area (Å²) in [5.74, 6) is -6.35. The van der Waals surface area contributed by atoms with Crippen LogP contribution in [0, 0.1) is 18.6 Å². The predicted octanol–water partition coefficient (Wildman–Crippen LogP) is 5.45. The molecule has 3 aromatic carbocycles. The summed E-state index contributed by atoms with van der Waals surface area (Å²) in [5.41, 5.74) is -2.02. The average Bonchev–Trinajstić information content (AvgIpc) is 3.05. The Kier molecular flexibility index (Phi) is 7.56. The number of nitrogens with one attached hydrogen (secondary N) is 1. The maximum atomic E-state index is 15.0. The Hall–Kier alpha value is -4.61. The summed E-state index contributed by atoms with van der Waals surface area (Å²) in [4.78, 5) is 31.7. The highest BCUT2D eigenvalue weighted by atomic mass is 19.3. The highest BCUT2D eigenvalue weighted by Crippen LogP contribution is 2.47. The first-order valence-corrected chi connectivity index (χ1v) is 12.9. The highest BCUT2D eigenvalue weighted by Gasteiger charge is 2.56. The van der Waals surface area contributed by atoms with Gasteiger partial charge in [-0.1, -0.05) is 35.9 Å². The zero-order valence-electron chi connectivity index (χ0n) is 22.2. The number of aliphatic hydroxyl groups is 2. The number of hydrogen-bond acceptors (Lipinski definition) is 5. The van der Waals surface area contributed by atoms with Crippen LogP contribution in [0.2, 0.25) is 0 Å². The molecule has 1 aliphatic heterocycles. The molecule has 0 fully saturated rings. The number of hydrogen-bond donors (Lipinski definition) is 3. The third-order valence-corrected chi connectivity index (χ3v) is 7.23. The molecule has 2 amide bonds. The predicted molar refractivity (Wildman–Crippen MR) is 147 cm³/mol. The van der Waals surface area contributed by atoms with Crippen molar-refractivity contribution in [2.45, 2.75) is 24.9 Å². The molecule has 0 radical (unpaired) electrons. The lowest BCUT2D eigenvalue weighted by molar-refractivity contribution is -0.205. The molecular weight excluding hydrogens is 554 g/mol. The van der Waals surface area contributed by atoms with Crippen molar-refractivity contribution in [3.05, 3.63) is 113 Å². The Morgan fingerprint density at radius 2 is 1.76 bits per heavy atom. The minimum Gasteiger partial charge on any atom is -0.393 e. The first-order valence-electron chi connectivity index (χ1n) is 12.9. The summed E-state index contributed by atoms with van der Waals surface area (Å²) in [7, 11) is 0. The SMILES string of the molecule is Cc1ccc2c(c1)[C@@](O)(CO)C(F)(F)CCN2C(=O)c1ccc(NC(=O)c2cc(F)ccc2-c2cccc(F)c2)nc1. The third kappa shape index (κ3) is 5.24. The molecule has 0 bridgehead atoms. The van der Waals surface area contributed by atoms with Gasteiger partial charge in [0.25, 0.3) is 17.7 Å². The van der Waals surface area contributed by atoms with Crippen LogP contribution in [0.3, 0.4) is 0 Å². The van der Waals surface area contributed by atoms with Crippen molar-refractivity contribution in [1.82, 2.24) is 4.98 Å². The number of halogens is 4. The van der Waals surface area contributed by atoms with Crippen molar-refractivity contribution in [2.24, 2.45) is 0 Å². The Balaban J connectivity index is 1.41. The number of aromatic nitrogens is 1. The number of aliphatic hydroxyl groups excluding tert-OH is 1.